The molecule has 8 heteroatoms. The first kappa shape index (κ1) is 26.8. The van der Waals surface area contributed by atoms with Gasteiger partial charge in [-0.25, -0.2) is 9.18 Å². The van der Waals surface area contributed by atoms with Crippen LogP contribution in [0.2, 0.25) is 0 Å². The summed E-state index contributed by atoms with van der Waals surface area (Å²) in [5, 5.41) is 2.82. The number of nitrogens with one attached hydrogen (secondary N) is 1. The zero-order valence-electron chi connectivity index (χ0n) is 22.3. The van der Waals surface area contributed by atoms with Crippen molar-refractivity contribution >= 4 is 23.4 Å². The van der Waals surface area contributed by atoms with Gasteiger partial charge in [-0.15, -0.1) is 0 Å². The highest BCUT2D eigenvalue weighted by Gasteiger charge is 2.29. The fraction of sp³-hybridized carbons (Fsp3) is 0.517. The number of alkyl carbamates (subject to hydrolysis) is 1. The predicted molar refractivity (Wildman–Crippen MR) is 143 cm³/mol. The van der Waals surface area contributed by atoms with E-state index >= 15 is 4.39 Å². The number of nitrogens with zero attached hydrogens (tertiary/aromatic N) is 2. The fourth-order valence-electron chi connectivity index (χ4n) is 4.82. The van der Waals surface area contributed by atoms with Crippen molar-refractivity contribution in [3.05, 3.63) is 53.3 Å². The fourth-order valence-corrected chi connectivity index (χ4v) is 4.82. The number of amides is 2. The summed E-state index contributed by atoms with van der Waals surface area (Å²) >= 11 is 0. The van der Waals surface area contributed by atoms with Gasteiger partial charge in [-0.2, -0.15) is 0 Å². The lowest BCUT2D eigenvalue weighted by molar-refractivity contribution is 0.0520. The number of benzene rings is 2. The van der Waals surface area contributed by atoms with Crippen LogP contribution in [0.3, 0.4) is 0 Å². The van der Waals surface area contributed by atoms with Gasteiger partial charge in [-0.1, -0.05) is 13.3 Å². The highest BCUT2D eigenvalue weighted by molar-refractivity contribution is 6.08. The molecule has 37 heavy (non-hydrogen) atoms. The number of hydrogen-bond donors (Lipinski definition) is 1. The molecule has 1 fully saturated rings. The average molecular weight is 512 g/mol. The van der Waals surface area contributed by atoms with Crippen molar-refractivity contribution < 1.29 is 23.5 Å². The van der Waals surface area contributed by atoms with Crippen LogP contribution in [0.25, 0.3) is 0 Å². The van der Waals surface area contributed by atoms with E-state index in [-0.39, 0.29) is 17.6 Å². The Kier molecular flexibility index (Phi) is 8.25. The van der Waals surface area contributed by atoms with Gasteiger partial charge < -0.3 is 24.6 Å². The summed E-state index contributed by atoms with van der Waals surface area (Å²) in [4.78, 5) is 28.8. The van der Waals surface area contributed by atoms with Crippen molar-refractivity contribution in [2.75, 3.05) is 42.6 Å². The van der Waals surface area contributed by atoms with Crippen LogP contribution in [0, 0.1) is 11.7 Å². The molecule has 2 heterocycles. The molecule has 0 spiro atoms. The van der Waals surface area contributed by atoms with Gasteiger partial charge in [-0.05, 0) is 87.9 Å². The van der Waals surface area contributed by atoms with Gasteiger partial charge in [0.1, 0.15) is 17.2 Å². The Hall–Kier alpha value is -3.29. The largest absolute Gasteiger partial charge is 0.494 e. The molecule has 1 unspecified atom stereocenters. The zero-order chi connectivity index (χ0) is 26.6. The second kappa shape index (κ2) is 11.4. The molecule has 0 aliphatic carbocycles. The lowest BCUT2D eigenvalue weighted by Gasteiger charge is -2.29. The molecular formula is C29H38FN3O4. The lowest BCUT2D eigenvalue weighted by atomic mass is 9.98. The first-order valence-corrected chi connectivity index (χ1v) is 13.2. The van der Waals surface area contributed by atoms with Gasteiger partial charge in [0.25, 0.3) is 5.91 Å². The van der Waals surface area contributed by atoms with E-state index < -0.39 is 11.7 Å². The third-order valence-electron chi connectivity index (χ3n) is 6.73. The quantitative estimate of drug-likeness (QED) is 0.470. The smallest absolute Gasteiger partial charge is 0.407 e. The van der Waals surface area contributed by atoms with Crippen LogP contribution in [-0.2, 0) is 11.2 Å². The number of anilines is 2. The number of carbonyl (C=O) groups excluding carboxylic acids is 2. The topological polar surface area (TPSA) is 71.1 Å². The number of ether oxygens (including phenoxy) is 2. The first-order valence-electron chi connectivity index (χ1n) is 13.2. The maximum atomic E-state index is 15.2. The van der Waals surface area contributed by atoms with Crippen LogP contribution in [-0.4, -0.2) is 50.4 Å². The van der Waals surface area contributed by atoms with E-state index in [0.717, 1.165) is 30.6 Å². The number of fused-ring (bicyclic) bond motifs is 1. The summed E-state index contributed by atoms with van der Waals surface area (Å²) in [7, 11) is 0. The van der Waals surface area contributed by atoms with E-state index in [4.69, 9.17) is 9.47 Å². The molecular weight excluding hydrogens is 473 g/mol. The van der Waals surface area contributed by atoms with Gasteiger partial charge in [0.2, 0.25) is 0 Å². The molecule has 2 aromatic carbocycles. The minimum Gasteiger partial charge on any atom is -0.494 e. The first-order chi connectivity index (χ1) is 17.6. The van der Waals surface area contributed by atoms with E-state index in [9.17, 15) is 9.59 Å². The molecule has 0 bridgehead atoms. The Bertz CT molecular complexity index is 1130. The molecule has 1 atom stereocenters. The summed E-state index contributed by atoms with van der Waals surface area (Å²) in [6, 6.07) is 10.6. The molecule has 0 aromatic heterocycles. The summed E-state index contributed by atoms with van der Waals surface area (Å²) in [5.41, 5.74) is 2.14. The van der Waals surface area contributed by atoms with Crippen LogP contribution in [0.15, 0.2) is 36.4 Å². The molecule has 4 rings (SSSR count). The second-order valence-corrected chi connectivity index (χ2v) is 10.8. The third-order valence-corrected chi connectivity index (χ3v) is 6.73. The number of unbranched alkanes of at least 4 members (excludes halogenated alkanes) is 1. The summed E-state index contributed by atoms with van der Waals surface area (Å²) in [6.07, 6.45) is 3.16. The Morgan fingerprint density at radius 2 is 1.97 bits per heavy atom. The van der Waals surface area contributed by atoms with Crippen LogP contribution in [0.4, 0.5) is 20.6 Å². The Morgan fingerprint density at radius 3 is 2.70 bits per heavy atom. The molecule has 0 radical (unpaired) electrons. The Labute approximate surface area is 218 Å². The van der Waals surface area contributed by atoms with E-state index in [1.54, 1.807) is 11.0 Å². The summed E-state index contributed by atoms with van der Waals surface area (Å²) in [6.45, 7) is 10.6. The molecule has 200 valence electrons. The summed E-state index contributed by atoms with van der Waals surface area (Å²) in [5.74, 6) is 0.524. The number of halogens is 1. The van der Waals surface area contributed by atoms with Crippen molar-refractivity contribution in [2.24, 2.45) is 5.92 Å². The van der Waals surface area contributed by atoms with Gasteiger partial charge in [-0.3, -0.25) is 4.79 Å². The SMILES string of the molecule is CCCCOc1ccc2c(c1)CCN(c1ccc(N3CCC(CNC(=O)OC(C)(C)C)C3)c(F)c1)C2=O. The molecule has 2 aromatic rings. The van der Waals surface area contributed by atoms with E-state index in [1.807, 2.05) is 49.9 Å². The van der Waals surface area contributed by atoms with Crippen molar-refractivity contribution in [1.29, 1.82) is 0 Å². The maximum absolute atomic E-state index is 15.2. The lowest BCUT2D eigenvalue weighted by Crippen LogP contribution is -2.37. The predicted octanol–water partition coefficient (Wildman–Crippen LogP) is 5.56. The van der Waals surface area contributed by atoms with Crippen LogP contribution in [0.1, 0.15) is 62.9 Å². The zero-order valence-corrected chi connectivity index (χ0v) is 22.3. The Morgan fingerprint density at radius 1 is 1.16 bits per heavy atom. The van der Waals surface area contributed by atoms with Crippen molar-refractivity contribution in [3.8, 4) is 5.75 Å². The van der Waals surface area contributed by atoms with E-state index in [0.29, 0.717) is 56.1 Å². The number of hydrogen-bond acceptors (Lipinski definition) is 5. The van der Waals surface area contributed by atoms with Crippen LogP contribution < -0.4 is 19.9 Å². The van der Waals surface area contributed by atoms with Gasteiger partial charge in [0.15, 0.2) is 0 Å². The number of rotatable bonds is 8. The number of carbonyl (C=O) groups is 2. The van der Waals surface area contributed by atoms with Crippen LogP contribution >= 0.6 is 0 Å². The highest BCUT2D eigenvalue weighted by Crippen LogP contribution is 2.32. The average Bonchev–Trinajstić information content (AvgIpc) is 3.31. The standard InChI is InChI=1S/C29H38FN3O4/c1-5-6-15-36-23-8-9-24-21(16-23)12-14-33(27(24)34)22-7-10-26(25(30)17-22)32-13-11-20(19-32)18-31-28(35)37-29(2,3)4/h7-10,16-17,20H,5-6,11-15,18-19H2,1-4H3,(H,31,35). The van der Waals surface area contributed by atoms with Crippen molar-refractivity contribution in [2.45, 2.75) is 59.0 Å². The monoisotopic (exact) mass is 511 g/mol. The molecule has 2 aliphatic rings. The Balaban J connectivity index is 1.36. The van der Waals surface area contributed by atoms with E-state index in [1.165, 1.54) is 6.07 Å². The van der Waals surface area contributed by atoms with E-state index in [2.05, 4.69) is 12.2 Å². The maximum Gasteiger partial charge on any atom is 0.407 e. The second-order valence-electron chi connectivity index (χ2n) is 10.8. The van der Waals surface area contributed by atoms with Gasteiger partial charge in [0.05, 0.1) is 12.3 Å². The minimum atomic E-state index is -0.542. The van der Waals surface area contributed by atoms with Gasteiger partial charge in [0, 0.05) is 37.4 Å². The molecule has 7 nitrogen and oxygen atoms in total. The molecule has 2 aliphatic heterocycles. The summed E-state index contributed by atoms with van der Waals surface area (Å²) < 4.78 is 26.3. The molecule has 2 amide bonds. The van der Waals surface area contributed by atoms with Crippen molar-refractivity contribution in [1.82, 2.24) is 5.32 Å². The molecule has 1 saturated heterocycles. The highest BCUT2D eigenvalue weighted by atomic mass is 19.1. The van der Waals surface area contributed by atoms with Crippen molar-refractivity contribution in [3.63, 3.8) is 0 Å². The molecule has 1 N–H and O–H groups in total. The third kappa shape index (κ3) is 6.73. The normalized spacial score (nSPS) is 17.5. The minimum absolute atomic E-state index is 0.122. The van der Waals surface area contributed by atoms with Gasteiger partial charge >= 0.3 is 6.09 Å². The molecule has 0 saturated carbocycles. The van der Waals surface area contributed by atoms with Crippen LogP contribution in [0.5, 0.6) is 5.75 Å².